The second-order valence-electron chi connectivity index (χ2n) is 4.74. The van der Waals surface area contributed by atoms with Crippen molar-refractivity contribution in [1.29, 1.82) is 0 Å². The Labute approximate surface area is 113 Å². The van der Waals surface area contributed by atoms with Crippen molar-refractivity contribution in [2.24, 2.45) is 0 Å². The average molecular weight is 263 g/mol. The van der Waals surface area contributed by atoms with Crippen LogP contribution >= 0.6 is 11.3 Å². The topological polar surface area (TPSA) is 29.9 Å². The van der Waals surface area contributed by atoms with E-state index in [0.717, 1.165) is 13.0 Å². The van der Waals surface area contributed by atoms with Gasteiger partial charge in [-0.3, -0.25) is 0 Å². The molecular weight excluding hydrogens is 242 g/mol. The van der Waals surface area contributed by atoms with Crippen LogP contribution in [-0.4, -0.2) is 9.55 Å². The van der Waals surface area contributed by atoms with Crippen LogP contribution in [0.15, 0.2) is 30.0 Å². The molecule has 0 aliphatic rings. The molecule has 1 atom stereocenters. The largest absolute Gasteiger partial charge is 0.331 e. The third-order valence-electron chi connectivity index (χ3n) is 3.13. The molecule has 0 radical (unpaired) electrons. The molecule has 0 saturated heterocycles. The van der Waals surface area contributed by atoms with Gasteiger partial charge in [-0.2, -0.15) is 0 Å². The Balaban J connectivity index is 2.00. The van der Waals surface area contributed by atoms with Gasteiger partial charge < -0.3 is 9.88 Å². The summed E-state index contributed by atoms with van der Waals surface area (Å²) >= 11 is 1.82. The fourth-order valence-electron chi connectivity index (χ4n) is 2.10. The smallest absolute Gasteiger partial charge is 0.0951 e. The quantitative estimate of drug-likeness (QED) is 0.860. The van der Waals surface area contributed by atoms with E-state index in [-0.39, 0.29) is 0 Å². The molecule has 2 rings (SSSR count). The predicted octanol–water partition coefficient (Wildman–Crippen LogP) is 3.77. The maximum Gasteiger partial charge on any atom is 0.0951 e. The zero-order valence-corrected chi connectivity index (χ0v) is 12.1. The molecule has 0 aliphatic heterocycles. The molecule has 2 aromatic heterocycles. The minimum Gasteiger partial charge on any atom is -0.331 e. The molecule has 18 heavy (non-hydrogen) atoms. The van der Waals surface area contributed by atoms with Crippen LogP contribution in [0.1, 0.15) is 49.8 Å². The first-order chi connectivity index (χ1) is 8.72. The van der Waals surface area contributed by atoms with Crippen LogP contribution in [-0.2, 0) is 6.54 Å². The van der Waals surface area contributed by atoms with E-state index < -0.39 is 0 Å². The van der Waals surface area contributed by atoms with E-state index in [9.17, 15) is 0 Å². The molecule has 1 N–H and O–H groups in total. The highest BCUT2D eigenvalue weighted by molar-refractivity contribution is 7.10. The SMILES string of the molecule is CCC(NCc1cncn1C(C)C)c1cccs1. The van der Waals surface area contributed by atoms with E-state index in [1.54, 1.807) is 0 Å². The predicted molar refractivity (Wildman–Crippen MR) is 76.8 cm³/mol. The van der Waals surface area contributed by atoms with E-state index in [0.29, 0.717) is 12.1 Å². The third-order valence-corrected chi connectivity index (χ3v) is 4.11. The lowest BCUT2D eigenvalue weighted by atomic mass is 10.2. The fraction of sp³-hybridized carbons (Fsp3) is 0.500. The lowest BCUT2D eigenvalue weighted by Gasteiger charge is -2.17. The standard InChI is InChI=1S/C14H21N3S/c1-4-13(14-6-5-7-18-14)16-9-12-8-15-10-17(12)11(2)3/h5-8,10-11,13,16H,4,9H2,1-3H3. The zero-order valence-electron chi connectivity index (χ0n) is 11.3. The zero-order chi connectivity index (χ0) is 13.0. The number of thiophene rings is 1. The Morgan fingerprint density at radius 2 is 2.28 bits per heavy atom. The molecule has 98 valence electrons. The van der Waals surface area contributed by atoms with Crippen molar-refractivity contribution in [2.45, 2.75) is 45.8 Å². The van der Waals surface area contributed by atoms with Crippen LogP contribution in [0.3, 0.4) is 0 Å². The summed E-state index contributed by atoms with van der Waals surface area (Å²) in [5.74, 6) is 0. The van der Waals surface area contributed by atoms with E-state index in [1.807, 2.05) is 23.9 Å². The van der Waals surface area contributed by atoms with Crippen molar-refractivity contribution in [3.63, 3.8) is 0 Å². The van der Waals surface area contributed by atoms with Gasteiger partial charge in [0.05, 0.1) is 12.0 Å². The maximum absolute atomic E-state index is 4.24. The van der Waals surface area contributed by atoms with Crippen LogP contribution in [0.5, 0.6) is 0 Å². The summed E-state index contributed by atoms with van der Waals surface area (Å²) in [6, 6.07) is 5.22. The van der Waals surface area contributed by atoms with Crippen LogP contribution < -0.4 is 5.32 Å². The minimum atomic E-state index is 0.445. The molecule has 3 nitrogen and oxygen atoms in total. The molecule has 4 heteroatoms. The summed E-state index contributed by atoms with van der Waals surface area (Å²) in [5, 5.41) is 5.76. The number of rotatable bonds is 6. The number of aromatic nitrogens is 2. The first-order valence-corrected chi connectivity index (χ1v) is 7.37. The molecule has 0 aromatic carbocycles. The van der Waals surface area contributed by atoms with E-state index in [1.165, 1.54) is 10.6 Å². The first-order valence-electron chi connectivity index (χ1n) is 6.49. The molecule has 0 fully saturated rings. The number of imidazole rings is 1. The Kier molecular flexibility index (Phi) is 4.55. The molecule has 2 aromatic rings. The van der Waals surface area contributed by atoms with Gasteiger partial charge >= 0.3 is 0 Å². The Morgan fingerprint density at radius 3 is 2.89 bits per heavy atom. The normalized spacial score (nSPS) is 13.1. The monoisotopic (exact) mass is 263 g/mol. The number of hydrogen-bond acceptors (Lipinski definition) is 3. The molecule has 0 bridgehead atoms. The van der Waals surface area contributed by atoms with E-state index >= 15 is 0 Å². The summed E-state index contributed by atoms with van der Waals surface area (Å²) < 4.78 is 2.22. The lowest BCUT2D eigenvalue weighted by Crippen LogP contribution is -2.21. The van der Waals surface area contributed by atoms with Crippen LogP contribution in [0.25, 0.3) is 0 Å². The highest BCUT2D eigenvalue weighted by atomic mass is 32.1. The number of hydrogen-bond donors (Lipinski definition) is 1. The second-order valence-corrected chi connectivity index (χ2v) is 5.72. The first kappa shape index (κ1) is 13.3. The summed E-state index contributed by atoms with van der Waals surface area (Å²) in [4.78, 5) is 5.65. The van der Waals surface area contributed by atoms with E-state index in [2.05, 4.69) is 53.2 Å². The van der Waals surface area contributed by atoms with Crippen molar-refractivity contribution in [3.8, 4) is 0 Å². The maximum atomic E-state index is 4.24. The van der Waals surface area contributed by atoms with Gasteiger partial charge in [0.15, 0.2) is 0 Å². The number of nitrogens with one attached hydrogen (secondary N) is 1. The third kappa shape index (κ3) is 3.00. The van der Waals surface area contributed by atoms with Crippen molar-refractivity contribution in [2.75, 3.05) is 0 Å². The summed E-state index contributed by atoms with van der Waals surface area (Å²) in [7, 11) is 0. The summed E-state index contributed by atoms with van der Waals surface area (Å²) in [6.07, 6.45) is 4.97. The van der Waals surface area contributed by atoms with Crippen LogP contribution in [0, 0.1) is 0 Å². The molecule has 0 saturated carbocycles. The van der Waals surface area contributed by atoms with Crippen LogP contribution in [0.4, 0.5) is 0 Å². The molecule has 0 amide bonds. The Hall–Kier alpha value is -1.13. The average Bonchev–Trinajstić information content (AvgIpc) is 2.99. The Bertz CT molecular complexity index is 459. The molecular formula is C14H21N3S. The second kappa shape index (κ2) is 6.16. The highest BCUT2D eigenvalue weighted by Gasteiger charge is 2.11. The number of nitrogens with zero attached hydrogens (tertiary/aromatic N) is 2. The fourth-order valence-corrected chi connectivity index (χ4v) is 2.98. The summed E-state index contributed by atoms with van der Waals surface area (Å²) in [5.41, 5.74) is 1.25. The van der Waals surface area contributed by atoms with Gasteiger partial charge in [0.1, 0.15) is 0 Å². The molecule has 0 spiro atoms. The van der Waals surface area contributed by atoms with Gasteiger partial charge in [-0.05, 0) is 31.7 Å². The van der Waals surface area contributed by atoms with Gasteiger partial charge in [0, 0.05) is 29.7 Å². The van der Waals surface area contributed by atoms with Crippen molar-refractivity contribution in [1.82, 2.24) is 14.9 Å². The molecule has 0 aliphatic carbocycles. The van der Waals surface area contributed by atoms with Gasteiger partial charge in [0.25, 0.3) is 0 Å². The molecule has 2 heterocycles. The molecule has 1 unspecified atom stereocenters. The van der Waals surface area contributed by atoms with Gasteiger partial charge in [-0.1, -0.05) is 13.0 Å². The van der Waals surface area contributed by atoms with Crippen molar-refractivity contribution >= 4 is 11.3 Å². The highest BCUT2D eigenvalue weighted by Crippen LogP contribution is 2.22. The van der Waals surface area contributed by atoms with E-state index in [4.69, 9.17) is 0 Å². The Morgan fingerprint density at radius 1 is 1.44 bits per heavy atom. The minimum absolute atomic E-state index is 0.445. The van der Waals surface area contributed by atoms with Crippen LogP contribution in [0.2, 0.25) is 0 Å². The van der Waals surface area contributed by atoms with Gasteiger partial charge in [0.2, 0.25) is 0 Å². The van der Waals surface area contributed by atoms with Gasteiger partial charge in [-0.25, -0.2) is 4.98 Å². The van der Waals surface area contributed by atoms with Gasteiger partial charge in [-0.15, -0.1) is 11.3 Å². The summed E-state index contributed by atoms with van der Waals surface area (Å²) in [6.45, 7) is 7.45. The van der Waals surface area contributed by atoms with Crippen molar-refractivity contribution in [3.05, 3.63) is 40.6 Å². The lowest BCUT2D eigenvalue weighted by molar-refractivity contribution is 0.493. The van der Waals surface area contributed by atoms with Crippen molar-refractivity contribution < 1.29 is 0 Å².